The molecule has 19 heavy (non-hydrogen) atoms. The summed E-state index contributed by atoms with van der Waals surface area (Å²) < 4.78 is 7.07. The molecule has 0 unspecified atom stereocenters. The van der Waals surface area contributed by atoms with Crippen LogP contribution in [0.5, 0.6) is 0 Å². The monoisotopic (exact) mass is 263 g/mol. The highest BCUT2D eigenvalue weighted by molar-refractivity contribution is 5.64. The van der Waals surface area contributed by atoms with E-state index in [0.717, 1.165) is 41.5 Å². The molecule has 0 saturated heterocycles. The fraction of sp³-hybridized carbons (Fsp3) is 0.538. The minimum atomic E-state index is 0.639. The van der Waals surface area contributed by atoms with Gasteiger partial charge in [-0.1, -0.05) is 12.1 Å². The van der Waals surface area contributed by atoms with Crippen LogP contribution in [-0.2, 0) is 13.1 Å². The maximum Gasteiger partial charge on any atom is 0.148 e. The van der Waals surface area contributed by atoms with Crippen molar-refractivity contribution >= 4 is 11.5 Å². The van der Waals surface area contributed by atoms with Gasteiger partial charge in [-0.2, -0.15) is 5.10 Å². The van der Waals surface area contributed by atoms with Crippen LogP contribution in [0, 0.1) is 20.8 Å². The average molecular weight is 263 g/mol. The predicted molar refractivity (Wildman–Crippen MR) is 75.0 cm³/mol. The Bertz CT molecular complexity index is 550. The van der Waals surface area contributed by atoms with E-state index in [9.17, 15) is 0 Å². The molecule has 0 aromatic carbocycles. The predicted octanol–water partition coefficient (Wildman–Crippen LogP) is 2.40. The summed E-state index contributed by atoms with van der Waals surface area (Å²) in [6.07, 6.45) is 1.01. The zero-order valence-electron chi connectivity index (χ0n) is 11.9. The molecule has 0 aliphatic carbocycles. The molecule has 0 bridgehead atoms. The van der Waals surface area contributed by atoms with E-state index in [1.165, 1.54) is 0 Å². The van der Waals surface area contributed by atoms with E-state index in [2.05, 4.69) is 22.5 Å². The van der Waals surface area contributed by atoms with Gasteiger partial charge in [-0.25, -0.2) is 4.68 Å². The van der Waals surface area contributed by atoms with E-state index < -0.39 is 0 Å². The molecule has 6 nitrogen and oxygen atoms in total. The van der Waals surface area contributed by atoms with Gasteiger partial charge in [0.15, 0.2) is 0 Å². The van der Waals surface area contributed by atoms with Crippen molar-refractivity contribution in [3.8, 4) is 0 Å². The van der Waals surface area contributed by atoms with E-state index in [0.29, 0.717) is 12.2 Å². The summed E-state index contributed by atoms with van der Waals surface area (Å²) in [5.74, 6) is 1.71. The standard InChI is InChI=1S/C13H21N5O/c1-5-6-18-13(12(14)9(3)16-18)15-7-11-8(2)17-19-10(11)4/h15H,5-7,14H2,1-4H3. The summed E-state index contributed by atoms with van der Waals surface area (Å²) in [5.41, 5.74) is 9.60. The molecular weight excluding hydrogens is 242 g/mol. The summed E-state index contributed by atoms with van der Waals surface area (Å²) in [5, 5.41) is 11.7. The number of aromatic nitrogens is 3. The Labute approximate surface area is 113 Å². The summed E-state index contributed by atoms with van der Waals surface area (Å²) in [4.78, 5) is 0. The first-order valence-corrected chi connectivity index (χ1v) is 6.53. The first kappa shape index (κ1) is 13.5. The molecule has 104 valence electrons. The van der Waals surface area contributed by atoms with Crippen molar-refractivity contribution in [1.82, 2.24) is 14.9 Å². The maximum atomic E-state index is 6.06. The van der Waals surface area contributed by atoms with Gasteiger partial charge in [0.25, 0.3) is 0 Å². The molecule has 0 fully saturated rings. The first-order chi connectivity index (χ1) is 9.04. The topological polar surface area (TPSA) is 81.9 Å². The van der Waals surface area contributed by atoms with Crippen LogP contribution in [-0.4, -0.2) is 14.9 Å². The molecule has 0 saturated carbocycles. The van der Waals surface area contributed by atoms with Crippen molar-refractivity contribution in [3.05, 3.63) is 22.7 Å². The van der Waals surface area contributed by atoms with Gasteiger partial charge in [-0.3, -0.25) is 0 Å². The van der Waals surface area contributed by atoms with Gasteiger partial charge in [0, 0.05) is 18.7 Å². The molecule has 0 spiro atoms. The third kappa shape index (κ3) is 2.57. The van der Waals surface area contributed by atoms with Crippen molar-refractivity contribution in [2.24, 2.45) is 0 Å². The normalized spacial score (nSPS) is 10.9. The van der Waals surface area contributed by atoms with Gasteiger partial charge >= 0.3 is 0 Å². The first-order valence-electron chi connectivity index (χ1n) is 6.53. The highest BCUT2D eigenvalue weighted by Gasteiger charge is 2.14. The van der Waals surface area contributed by atoms with Crippen LogP contribution in [0.2, 0.25) is 0 Å². The summed E-state index contributed by atoms with van der Waals surface area (Å²) in [6, 6.07) is 0. The van der Waals surface area contributed by atoms with Crippen molar-refractivity contribution in [2.45, 2.75) is 47.2 Å². The lowest BCUT2D eigenvalue weighted by Gasteiger charge is -2.09. The lowest BCUT2D eigenvalue weighted by molar-refractivity contribution is 0.392. The largest absolute Gasteiger partial charge is 0.394 e. The number of hydrogen-bond acceptors (Lipinski definition) is 5. The number of nitrogen functional groups attached to an aromatic ring is 1. The zero-order valence-corrected chi connectivity index (χ0v) is 11.9. The van der Waals surface area contributed by atoms with Crippen LogP contribution in [0.3, 0.4) is 0 Å². The van der Waals surface area contributed by atoms with Crippen molar-refractivity contribution in [2.75, 3.05) is 11.1 Å². The number of anilines is 2. The fourth-order valence-electron chi connectivity index (χ4n) is 2.08. The SMILES string of the molecule is CCCn1nc(C)c(N)c1NCc1c(C)noc1C. The summed E-state index contributed by atoms with van der Waals surface area (Å²) >= 11 is 0. The number of nitrogens with one attached hydrogen (secondary N) is 1. The molecule has 0 atom stereocenters. The lowest BCUT2D eigenvalue weighted by atomic mass is 10.2. The van der Waals surface area contributed by atoms with Gasteiger partial charge < -0.3 is 15.6 Å². The second-order valence-corrected chi connectivity index (χ2v) is 4.73. The Kier molecular flexibility index (Phi) is 3.78. The van der Waals surface area contributed by atoms with Crippen LogP contribution >= 0.6 is 0 Å². The maximum absolute atomic E-state index is 6.06. The van der Waals surface area contributed by atoms with E-state index >= 15 is 0 Å². The molecular formula is C13H21N5O. The van der Waals surface area contributed by atoms with Crippen LogP contribution in [0.4, 0.5) is 11.5 Å². The minimum absolute atomic E-state index is 0.639. The smallest absolute Gasteiger partial charge is 0.148 e. The van der Waals surface area contributed by atoms with E-state index in [1.807, 2.05) is 25.5 Å². The van der Waals surface area contributed by atoms with Gasteiger partial charge in [-0.05, 0) is 27.2 Å². The second kappa shape index (κ2) is 5.34. The van der Waals surface area contributed by atoms with Crippen molar-refractivity contribution in [3.63, 3.8) is 0 Å². The highest BCUT2D eigenvalue weighted by atomic mass is 16.5. The lowest BCUT2D eigenvalue weighted by Crippen LogP contribution is -2.10. The molecule has 0 radical (unpaired) electrons. The Morgan fingerprint density at radius 1 is 1.26 bits per heavy atom. The molecule has 2 aromatic heterocycles. The van der Waals surface area contributed by atoms with Crippen LogP contribution in [0.1, 0.15) is 36.1 Å². The Hall–Kier alpha value is -1.98. The third-order valence-corrected chi connectivity index (χ3v) is 3.22. The molecule has 3 N–H and O–H groups in total. The van der Waals surface area contributed by atoms with Gasteiger partial charge in [0.05, 0.1) is 17.1 Å². The Balaban J connectivity index is 2.19. The van der Waals surface area contributed by atoms with E-state index in [4.69, 9.17) is 10.3 Å². The quantitative estimate of drug-likeness (QED) is 0.865. The van der Waals surface area contributed by atoms with E-state index in [1.54, 1.807) is 0 Å². The van der Waals surface area contributed by atoms with Crippen molar-refractivity contribution in [1.29, 1.82) is 0 Å². The van der Waals surface area contributed by atoms with Crippen LogP contribution in [0.15, 0.2) is 4.52 Å². The third-order valence-electron chi connectivity index (χ3n) is 3.22. The molecule has 0 amide bonds. The zero-order chi connectivity index (χ0) is 14.0. The van der Waals surface area contributed by atoms with Gasteiger partial charge in [-0.15, -0.1) is 0 Å². The molecule has 2 aromatic rings. The molecule has 0 aliphatic heterocycles. The Morgan fingerprint density at radius 2 is 2.00 bits per heavy atom. The molecule has 6 heteroatoms. The van der Waals surface area contributed by atoms with E-state index in [-0.39, 0.29) is 0 Å². The van der Waals surface area contributed by atoms with Crippen molar-refractivity contribution < 1.29 is 4.52 Å². The molecule has 2 rings (SSSR count). The summed E-state index contributed by atoms with van der Waals surface area (Å²) in [6.45, 7) is 9.37. The minimum Gasteiger partial charge on any atom is -0.394 e. The number of nitrogens with zero attached hydrogens (tertiary/aromatic N) is 3. The Morgan fingerprint density at radius 3 is 2.58 bits per heavy atom. The number of aryl methyl sites for hydroxylation is 4. The number of rotatable bonds is 5. The number of nitrogens with two attached hydrogens (primary N) is 1. The van der Waals surface area contributed by atoms with Crippen LogP contribution in [0.25, 0.3) is 0 Å². The number of hydrogen-bond donors (Lipinski definition) is 2. The summed E-state index contributed by atoms with van der Waals surface area (Å²) in [7, 11) is 0. The fourth-order valence-corrected chi connectivity index (χ4v) is 2.08. The van der Waals surface area contributed by atoms with Gasteiger partial charge in [0.1, 0.15) is 11.6 Å². The molecule has 0 aliphatic rings. The molecule has 2 heterocycles. The highest BCUT2D eigenvalue weighted by Crippen LogP contribution is 2.24. The second-order valence-electron chi connectivity index (χ2n) is 4.73. The van der Waals surface area contributed by atoms with Crippen LogP contribution < -0.4 is 11.1 Å². The van der Waals surface area contributed by atoms with Gasteiger partial charge in [0.2, 0.25) is 0 Å². The average Bonchev–Trinajstić information content (AvgIpc) is 2.82.